The third-order valence-corrected chi connectivity index (χ3v) is 4.83. The molecule has 0 amide bonds. The number of phenols is 4. The van der Waals surface area contributed by atoms with Crippen molar-refractivity contribution in [3.8, 4) is 23.0 Å². The molecule has 1 saturated heterocycles. The standard InChI is InChI=1S/C19H20O10/c20-6-11-15(25)17(27)18(28)19(29-11)13-10(23)5-9(22)12(16(13)26)14(24)7-1-3-8(21)4-2-7/h1-5,11,15,17-23,25-28H,6H2/t11-,15-,17+,18-,19-/m1/s1. The first-order chi connectivity index (χ1) is 13.7. The lowest BCUT2D eigenvalue weighted by Gasteiger charge is -2.40. The summed E-state index contributed by atoms with van der Waals surface area (Å²) in [5, 5.41) is 79.7. The van der Waals surface area contributed by atoms with E-state index in [1.165, 1.54) is 24.3 Å². The molecule has 0 unspecified atom stereocenters. The number of aromatic hydroxyl groups is 4. The predicted molar refractivity (Wildman–Crippen MR) is 95.7 cm³/mol. The second-order valence-corrected chi connectivity index (χ2v) is 6.68. The summed E-state index contributed by atoms with van der Waals surface area (Å²) in [4.78, 5) is 12.7. The van der Waals surface area contributed by atoms with Gasteiger partial charge in [0.25, 0.3) is 0 Å². The monoisotopic (exact) mass is 408 g/mol. The summed E-state index contributed by atoms with van der Waals surface area (Å²) in [6, 6.07) is 5.69. The van der Waals surface area contributed by atoms with Crippen LogP contribution in [0.2, 0.25) is 0 Å². The van der Waals surface area contributed by atoms with E-state index < -0.39 is 71.3 Å². The Bertz CT molecular complexity index is 908. The lowest BCUT2D eigenvalue weighted by molar-refractivity contribution is -0.232. The number of hydrogen-bond donors (Lipinski definition) is 8. The smallest absolute Gasteiger partial charge is 0.200 e. The van der Waals surface area contributed by atoms with Crippen molar-refractivity contribution in [1.82, 2.24) is 0 Å². The van der Waals surface area contributed by atoms with Gasteiger partial charge < -0.3 is 45.6 Å². The van der Waals surface area contributed by atoms with Gasteiger partial charge in [-0.1, -0.05) is 0 Å². The Labute approximate surface area is 164 Å². The van der Waals surface area contributed by atoms with E-state index in [9.17, 15) is 45.6 Å². The number of rotatable bonds is 4. The van der Waals surface area contributed by atoms with Gasteiger partial charge in [0.2, 0.25) is 5.78 Å². The van der Waals surface area contributed by atoms with Crippen LogP contribution in [-0.4, -0.2) is 77.7 Å². The summed E-state index contributed by atoms with van der Waals surface area (Å²) in [5.41, 5.74) is -1.12. The minimum Gasteiger partial charge on any atom is -0.508 e. The quantitative estimate of drug-likeness (QED) is 0.299. The van der Waals surface area contributed by atoms with Gasteiger partial charge in [0.1, 0.15) is 59.1 Å². The summed E-state index contributed by atoms with van der Waals surface area (Å²) < 4.78 is 5.32. The van der Waals surface area contributed by atoms with E-state index in [1.807, 2.05) is 0 Å². The molecule has 0 aliphatic carbocycles. The Morgan fingerprint density at radius 2 is 1.52 bits per heavy atom. The number of carbonyl (C=O) groups excluding carboxylic acids is 1. The zero-order chi connectivity index (χ0) is 21.5. The zero-order valence-electron chi connectivity index (χ0n) is 14.9. The Hall–Kier alpha value is -2.89. The van der Waals surface area contributed by atoms with E-state index in [0.29, 0.717) is 0 Å². The summed E-state index contributed by atoms with van der Waals surface area (Å²) in [7, 11) is 0. The number of phenolic OH excluding ortho intramolecular Hbond substituents is 4. The van der Waals surface area contributed by atoms with Crippen molar-refractivity contribution >= 4 is 5.78 Å². The molecular formula is C19H20O10. The number of ether oxygens (including phenoxy) is 1. The number of aliphatic hydroxyl groups excluding tert-OH is 4. The first-order valence-electron chi connectivity index (χ1n) is 8.59. The summed E-state index contributed by atoms with van der Waals surface area (Å²) >= 11 is 0. The summed E-state index contributed by atoms with van der Waals surface area (Å²) in [6.07, 6.45) is -8.22. The Balaban J connectivity index is 2.10. The van der Waals surface area contributed by atoms with E-state index in [0.717, 1.165) is 6.07 Å². The van der Waals surface area contributed by atoms with Crippen LogP contribution in [0, 0.1) is 0 Å². The van der Waals surface area contributed by atoms with Gasteiger partial charge in [0.15, 0.2) is 0 Å². The van der Waals surface area contributed by atoms with Crippen LogP contribution >= 0.6 is 0 Å². The van der Waals surface area contributed by atoms with Crippen LogP contribution in [0.15, 0.2) is 30.3 Å². The molecule has 10 heteroatoms. The highest BCUT2D eigenvalue weighted by Crippen LogP contribution is 2.46. The van der Waals surface area contributed by atoms with Crippen molar-refractivity contribution in [2.24, 2.45) is 0 Å². The minimum atomic E-state index is -1.83. The van der Waals surface area contributed by atoms with E-state index in [1.54, 1.807) is 0 Å². The summed E-state index contributed by atoms with van der Waals surface area (Å²) in [6.45, 7) is -0.736. The van der Waals surface area contributed by atoms with Crippen LogP contribution in [0.5, 0.6) is 23.0 Å². The van der Waals surface area contributed by atoms with Crippen molar-refractivity contribution in [3.05, 3.63) is 47.0 Å². The molecule has 1 aliphatic heterocycles. The second kappa shape index (κ2) is 7.85. The van der Waals surface area contributed by atoms with Crippen LogP contribution in [0.25, 0.3) is 0 Å². The molecule has 29 heavy (non-hydrogen) atoms. The largest absolute Gasteiger partial charge is 0.508 e. The van der Waals surface area contributed by atoms with Crippen LogP contribution in [0.4, 0.5) is 0 Å². The molecule has 1 aliphatic rings. The number of aliphatic hydroxyl groups is 4. The zero-order valence-corrected chi connectivity index (χ0v) is 14.9. The van der Waals surface area contributed by atoms with Crippen molar-refractivity contribution < 1.29 is 50.4 Å². The van der Waals surface area contributed by atoms with Crippen molar-refractivity contribution in [2.75, 3.05) is 6.61 Å². The fraction of sp³-hybridized carbons (Fsp3) is 0.316. The molecule has 0 aromatic heterocycles. The van der Waals surface area contributed by atoms with Gasteiger partial charge >= 0.3 is 0 Å². The average molecular weight is 408 g/mol. The molecule has 0 saturated carbocycles. The second-order valence-electron chi connectivity index (χ2n) is 6.68. The van der Waals surface area contributed by atoms with E-state index >= 15 is 0 Å². The molecule has 5 atom stereocenters. The molecule has 3 rings (SSSR count). The van der Waals surface area contributed by atoms with Gasteiger partial charge in [-0.15, -0.1) is 0 Å². The number of ketones is 1. The van der Waals surface area contributed by atoms with Gasteiger partial charge in [0, 0.05) is 11.6 Å². The molecule has 0 radical (unpaired) electrons. The summed E-state index contributed by atoms with van der Waals surface area (Å²) in [5.74, 6) is -3.38. The third-order valence-electron chi connectivity index (χ3n) is 4.83. The topological polar surface area (TPSA) is 188 Å². The maximum absolute atomic E-state index is 12.7. The number of hydrogen-bond acceptors (Lipinski definition) is 10. The minimum absolute atomic E-state index is 0.00107. The van der Waals surface area contributed by atoms with Crippen LogP contribution < -0.4 is 0 Å². The Morgan fingerprint density at radius 1 is 0.897 bits per heavy atom. The average Bonchev–Trinajstić information content (AvgIpc) is 2.68. The van der Waals surface area contributed by atoms with Gasteiger partial charge in [-0.05, 0) is 24.3 Å². The SMILES string of the molecule is O=C(c1ccc(O)cc1)c1c(O)cc(O)c([C@H]2O[C@H](CO)[C@@H](O)[C@H](O)[C@H]2O)c1O. The molecule has 0 spiro atoms. The Morgan fingerprint density at radius 3 is 2.10 bits per heavy atom. The molecule has 156 valence electrons. The first kappa shape index (κ1) is 20.8. The van der Waals surface area contributed by atoms with Gasteiger partial charge in [-0.25, -0.2) is 0 Å². The van der Waals surface area contributed by atoms with E-state index in [4.69, 9.17) is 4.74 Å². The highest BCUT2D eigenvalue weighted by Gasteiger charge is 2.46. The molecule has 10 nitrogen and oxygen atoms in total. The first-order valence-corrected chi connectivity index (χ1v) is 8.59. The molecule has 8 N–H and O–H groups in total. The highest BCUT2D eigenvalue weighted by atomic mass is 16.5. The maximum atomic E-state index is 12.7. The normalized spacial score (nSPS) is 27.0. The molecule has 2 aromatic carbocycles. The fourth-order valence-corrected chi connectivity index (χ4v) is 3.26. The van der Waals surface area contributed by atoms with Crippen molar-refractivity contribution in [3.63, 3.8) is 0 Å². The number of carbonyl (C=O) groups is 1. The lowest BCUT2D eigenvalue weighted by atomic mass is 9.88. The van der Waals surface area contributed by atoms with Crippen LogP contribution in [0.3, 0.4) is 0 Å². The Kier molecular flexibility index (Phi) is 5.64. The molecule has 2 aromatic rings. The van der Waals surface area contributed by atoms with Gasteiger partial charge in [0.05, 0.1) is 12.2 Å². The molecule has 1 fully saturated rings. The highest BCUT2D eigenvalue weighted by molar-refractivity contribution is 6.12. The molecule has 0 bridgehead atoms. The van der Waals surface area contributed by atoms with Gasteiger partial charge in [-0.2, -0.15) is 0 Å². The van der Waals surface area contributed by atoms with E-state index in [2.05, 4.69) is 0 Å². The molecular weight excluding hydrogens is 388 g/mol. The maximum Gasteiger partial charge on any atom is 0.200 e. The predicted octanol–water partition coefficient (Wildman–Crippen LogP) is -0.745. The fourth-order valence-electron chi connectivity index (χ4n) is 3.26. The van der Waals surface area contributed by atoms with E-state index in [-0.39, 0.29) is 11.3 Å². The van der Waals surface area contributed by atoms with Crippen molar-refractivity contribution in [2.45, 2.75) is 30.5 Å². The van der Waals surface area contributed by atoms with Crippen molar-refractivity contribution in [1.29, 1.82) is 0 Å². The van der Waals surface area contributed by atoms with Crippen LogP contribution in [0.1, 0.15) is 27.6 Å². The van der Waals surface area contributed by atoms with Crippen LogP contribution in [-0.2, 0) is 4.74 Å². The number of benzene rings is 2. The molecule has 1 heterocycles. The van der Waals surface area contributed by atoms with Gasteiger partial charge in [-0.3, -0.25) is 4.79 Å². The lowest BCUT2D eigenvalue weighted by Crippen LogP contribution is -2.55. The third kappa shape index (κ3) is 3.59.